The van der Waals surface area contributed by atoms with Gasteiger partial charge in [-0.15, -0.1) is 0 Å². The Labute approximate surface area is 293 Å². The molecule has 0 aromatic rings. The number of ether oxygens (including phenoxy) is 1. The molecule has 1 aliphatic rings. The minimum Gasteiger partial charge on any atom is -0.393 e. The van der Waals surface area contributed by atoms with Crippen LogP contribution in [0, 0.1) is 0 Å². The van der Waals surface area contributed by atoms with Crippen LogP contribution in [-0.4, -0.2) is 86.5 Å². The number of aliphatic hydroxyl groups excluding tert-OH is 5. The van der Waals surface area contributed by atoms with Crippen molar-refractivity contribution in [2.24, 2.45) is 0 Å². The maximum atomic E-state index is 10.7. The SMILES string of the molecule is CCCCCCCCCCCCCCCCCCCCCCCCNC(=S)NC(COC1C=CC(O)C(O)C1O)C(O)CC(O)CC. The summed E-state index contributed by atoms with van der Waals surface area (Å²) in [6.45, 7) is 4.86. The van der Waals surface area contributed by atoms with Gasteiger partial charge in [0.1, 0.15) is 24.4 Å². The molecule has 0 radical (unpaired) electrons. The molecule has 0 heterocycles. The summed E-state index contributed by atoms with van der Waals surface area (Å²) in [6, 6.07) is -0.620. The van der Waals surface area contributed by atoms with Crippen LogP contribution in [0.25, 0.3) is 0 Å². The molecule has 7 N–H and O–H groups in total. The Balaban J connectivity index is 2.03. The second-order valence-corrected chi connectivity index (χ2v) is 14.4. The van der Waals surface area contributed by atoms with Gasteiger partial charge in [0.2, 0.25) is 0 Å². The average molecular weight is 687 g/mol. The first-order valence-corrected chi connectivity index (χ1v) is 20.0. The Morgan fingerprint density at radius 1 is 0.660 bits per heavy atom. The van der Waals surface area contributed by atoms with E-state index < -0.39 is 42.7 Å². The van der Waals surface area contributed by atoms with E-state index >= 15 is 0 Å². The number of thiocarbonyl (C=S) groups is 1. The first-order chi connectivity index (χ1) is 22.8. The van der Waals surface area contributed by atoms with Gasteiger partial charge in [-0.2, -0.15) is 0 Å². The molecule has 0 amide bonds. The molecular formula is C38H74N2O6S. The van der Waals surface area contributed by atoms with Gasteiger partial charge in [0.05, 0.1) is 24.9 Å². The fourth-order valence-corrected chi connectivity index (χ4v) is 6.48. The third kappa shape index (κ3) is 23.3. The van der Waals surface area contributed by atoms with Crippen molar-refractivity contribution in [1.82, 2.24) is 10.6 Å². The summed E-state index contributed by atoms with van der Waals surface area (Å²) in [5.41, 5.74) is 0. The summed E-state index contributed by atoms with van der Waals surface area (Å²) in [7, 11) is 0. The number of hydrogen-bond donors (Lipinski definition) is 7. The van der Waals surface area contributed by atoms with Crippen LogP contribution in [-0.2, 0) is 4.74 Å². The van der Waals surface area contributed by atoms with Gasteiger partial charge < -0.3 is 40.9 Å². The second-order valence-electron chi connectivity index (χ2n) is 14.0. The quantitative estimate of drug-likeness (QED) is 0.0234. The van der Waals surface area contributed by atoms with E-state index in [9.17, 15) is 25.5 Å². The molecule has 1 aliphatic carbocycles. The van der Waals surface area contributed by atoms with Crippen molar-refractivity contribution < 1.29 is 30.3 Å². The van der Waals surface area contributed by atoms with Crippen LogP contribution in [0.2, 0.25) is 0 Å². The summed E-state index contributed by atoms with van der Waals surface area (Å²) in [4.78, 5) is 0. The fourth-order valence-electron chi connectivity index (χ4n) is 6.23. The van der Waals surface area contributed by atoms with E-state index in [1.807, 2.05) is 6.92 Å². The van der Waals surface area contributed by atoms with Gasteiger partial charge in [-0.25, -0.2) is 0 Å². The van der Waals surface area contributed by atoms with Crippen molar-refractivity contribution in [2.45, 2.75) is 211 Å². The molecular weight excluding hydrogens is 612 g/mol. The predicted octanol–water partition coefficient (Wildman–Crippen LogP) is 6.98. The average Bonchev–Trinajstić information content (AvgIpc) is 3.06. The summed E-state index contributed by atoms with van der Waals surface area (Å²) >= 11 is 5.46. The predicted molar refractivity (Wildman–Crippen MR) is 199 cm³/mol. The second kappa shape index (κ2) is 30.1. The molecule has 0 aromatic carbocycles. The summed E-state index contributed by atoms with van der Waals surface area (Å²) in [6.07, 6.45) is 27.3. The lowest BCUT2D eigenvalue weighted by molar-refractivity contribution is -0.113. The number of unbranched alkanes of at least 4 members (excludes halogenated alkanes) is 21. The van der Waals surface area contributed by atoms with E-state index in [1.54, 1.807) is 0 Å². The van der Waals surface area contributed by atoms with Gasteiger partial charge >= 0.3 is 0 Å². The molecule has 0 fully saturated rings. The van der Waals surface area contributed by atoms with Gasteiger partial charge in [-0.3, -0.25) is 0 Å². The monoisotopic (exact) mass is 687 g/mol. The van der Waals surface area contributed by atoms with Crippen LogP contribution >= 0.6 is 12.2 Å². The highest BCUT2D eigenvalue weighted by molar-refractivity contribution is 7.80. The zero-order chi connectivity index (χ0) is 34.5. The van der Waals surface area contributed by atoms with E-state index in [-0.39, 0.29) is 13.0 Å². The molecule has 47 heavy (non-hydrogen) atoms. The Morgan fingerprint density at radius 3 is 1.55 bits per heavy atom. The minimum absolute atomic E-state index is 0.00625. The highest BCUT2D eigenvalue weighted by Gasteiger charge is 2.34. The summed E-state index contributed by atoms with van der Waals surface area (Å²) in [5.74, 6) is 0. The lowest BCUT2D eigenvalue weighted by atomic mass is 9.96. The molecule has 0 saturated heterocycles. The zero-order valence-electron chi connectivity index (χ0n) is 30.1. The van der Waals surface area contributed by atoms with Crippen LogP contribution < -0.4 is 10.6 Å². The van der Waals surface area contributed by atoms with E-state index in [2.05, 4.69) is 17.6 Å². The van der Waals surface area contributed by atoms with Crippen LogP contribution in [0.15, 0.2) is 12.2 Å². The van der Waals surface area contributed by atoms with Crippen LogP contribution in [0.1, 0.15) is 168 Å². The maximum Gasteiger partial charge on any atom is 0.166 e. The van der Waals surface area contributed by atoms with Crippen molar-refractivity contribution in [1.29, 1.82) is 0 Å². The lowest BCUT2D eigenvalue weighted by Crippen LogP contribution is -2.53. The van der Waals surface area contributed by atoms with Crippen molar-refractivity contribution in [3.05, 3.63) is 12.2 Å². The van der Waals surface area contributed by atoms with Crippen molar-refractivity contribution in [2.75, 3.05) is 13.2 Å². The molecule has 0 spiro atoms. The highest BCUT2D eigenvalue weighted by atomic mass is 32.1. The van der Waals surface area contributed by atoms with Crippen molar-refractivity contribution >= 4 is 17.3 Å². The molecule has 0 aromatic heterocycles. The Morgan fingerprint density at radius 2 is 1.11 bits per heavy atom. The number of nitrogens with one attached hydrogen (secondary N) is 2. The molecule has 0 bridgehead atoms. The fraction of sp³-hybridized carbons (Fsp3) is 0.921. The van der Waals surface area contributed by atoms with Gasteiger partial charge in [-0.1, -0.05) is 161 Å². The maximum absolute atomic E-state index is 10.7. The lowest BCUT2D eigenvalue weighted by Gasteiger charge is -2.33. The molecule has 7 unspecified atom stereocenters. The van der Waals surface area contributed by atoms with Gasteiger partial charge in [0.25, 0.3) is 0 Å². The van der Waals surface area contributed by atoms with Crippen molar-refractivity contribution in [3.8, 4) is 0 Å². The first kappa shape index (κ1) is 44.2. The Bertz CT molecular complexity index is 760. The smallest absolute Gasteiger partial charge is 0.166 e. The molecule has 0 saturated carbocycles. The molecule has 278 valence electrons. The number of aliphatic hydroxyl groups is 5. The Kier molecular flexibility index (Phi) is 28.3. The Hall–Kier alpha value is -0.810. The molecule has 8 nitrogen and oxygen atoms in total. The molecule has 1 rings (SSSR count). The molecule has 0 aliphatic heterocycles. The topological polar surface area (TPSA) is 134 Å². The molecule has 9 heteroatoms. The van der Waals surface area contributed by atoms with Crippen LogP contribution in [0.5, 0.6) is 0 Å². The molecule has 7 atom stereocenters. The number of hydrogen-bond acceptors (Lipinski definition) is 7. The van der Waals surface area contributed by atoms with Crippen LogP contribution in [0.3, 0.4) is 0 Å². The standard InChI is InChI=1S/C38H74N2O6S/c1-3-5-6-7-8-9-10-11-12-13-14-15-16-17-18-19-20-21-22-23-24-25-28-39-38(47)40-32(34(43)29-31(41)4-2)30-46-35-27-26-33(42)36(44)37(35)45/h26-27,31-37,41-45H,3-25,28-30H2,1-2H3,(H2,39,40,47). The summed E-state index contributed by atoms with van der Waals surface area (Å²) in [5, 5.41) is 57.3. The third-order valence-corrected chi connectivity index (χ3v) is 9.85. The largest absolute Gasteiger partial charge is 0.393 e. The highest BCUT2D eigenvalue weighted by Crippen LogP contribution is 2.18. The van der Waals surface area contributed by atoms with E-state index in [1.165, 1.54) is 141 Å². The third-order valence-electron chi connectivity index (χ3n) is 9.58. The van der Waals surface area contributed by atoms with Gasteiger partial charge in [0, 0.05) is 13.0 Å². The van der Waals surface area contributed by atoms with Crippen LogP contribution in [0.4, 0.5) is 0 Å². The minimum atomic E-state index is -1.34. The van der Waals surface area contributed by atoms with E-state index in [0.717, 1.165) is 19.4 Å². The van der Waals surface area contributed by atoms with Crippen molar-refractivity contribution in [3.63, 3.8) is 0 Å². The van der Waals surface area contributed by atoms with E-state index in [0.29, 0.717) is 11.5 Å². The summed E-state index contributed by atoms with van der Waals surface area (Å²) < 4.78 is 5.77. The van der Waals surface area contributed by atoms with E-state index in [4.69, 9.17) is 17.0 Å². The van der Waals surface area contributed by atoms with Gasteiger partial charge in [0.15, 0.2) is 5.11 Å². The normalized spacial score (nSPS) is 21.4. The van der Waals surface area contributed by atoms with Gasteiger partial charge in [-0.05, 0) is 25.1 Å². The zero-order valence-corrected chi connectivity index (χ0v) is 30.9. The number of rotatable bonds is 31. The first-order valence-electron chi connectivity index (χ1n) is 19.5.